The summed E-state index contributed by atoms with van der Waals surface area (Å²) >= 11 is 0. The third-order valence-electron chi connectivity index (χ3n) is 5.21. The first-order valence-electron chi connectivity index (χ1n) is 8.54. The number of likely N-dealkylation sites (tertiary alicyclic amines) is 1. The van der Waals surface area contributed by atoms with Crippen molar-refractivity contribution in [3.8, 4) is 0 Å². The van der Waals surface area contributed by atoms with Gasteiger partial charge in [0.1, 0.15) is 0 Å². The first-order chi connectivity index (χ1) is 10.2. The van der Waals surface area contributed by atoms with E-state index in [0.717, 1.165) is 12.6 Å². The molecule has 0 bridgehead atoms. The summed E-state index contributed by atoms with van der Waals surface area (Å²) in [5.74, 6) is 0. The molecule has 0 aromatic heterocycles. The smallest absolute Gasteiger partial charge is 0.0898 e. The van der Waals surface area contributed by atoms with Gasteiger partial charge in [0.2, 0.25) is 0 Å². The van der Waals surface area contributed by atoms with E-state index in [9.17, 15) is 0 Å². The standard InChI is InChI=1S/C18H29N3/c1-16-4-3-5-17(14-16)15-20-8-6-18(7-9-20)21-12-10-19(2)11-13-21/h3-5,14,18H,6-13,15H2,1-2H3/p+1. The van der Waals surface area contributed by atoms with Crippen LogP contribution in [0.25, 0.3) is 0 Å². The molecule has 0 saturated carbocycles. The minimum absolute atomic E-state index is 0.840. The molecule has 0 atom stereocenters. The first-order valence-corrected chi connectivity index (χ1v) is 8.54. The Morgan fingerprint density at radius 3 is 2.48 bits per heavy atom. The fourth-order valence-electron chi connectivity index (χ4n) is 3.78. The van der Waals surface area contributed by atoms with Crippen LogP contribution >= 0.6 is 0 Å². The zero-order chi connectivity index (χ0) is 14.7. The van der Waals surface area contributed by atoms with E-state index < -0.39 is 0 Å². The maximum absolute atomic E-state index is 2.75. The summed E-state index contributed by atoms with van der Waals surface area (Å²) in [6.45, 7) is 11.1. The molecular weight excluding hydrogens is 258 g/mol. The average Bonchev–Trinajstić information content (AvgIpc) is 2.49. The second kappa shape index (κ2) is 6.91. The van der Waals surface area contributed by atoms with Gasteiger partial charge in [-0.05, 0) is 38.4 Å². The van der Waals surface area contributed by atoms with Crippen molar-refractivity contribution in [3.63, 3.8) is 0 Å². The lowest BCUT2D eigenvalue weighted by molar-refractivity contribution is -0.884. The van der Waals surface area contributed by atoms with Crippen LogP contribution in [0.2, 0.25) is 0 Å². The molecule has 0 spiro atoms. The predicted octanol–water partition coefficient (Wildman–Crippen LogP) is 0.790. The normalized spacial score (nSPS) is 23.5. The van der Waals surface area contributed by atoms with Gasteiger partial charge in [0, 0.05) is 25.7 Å². The van der Waals surface area contributed by atoms with Crippen LogP contribution in [0.1, 0.15) is 24.0 Å². The van der Waals surface area contributed by atoms with Gasteiger partial charge in [0.15, 0.2) is 0 Å². The molecule has 1 aromatic carbocycles. The number of nitrogens with one attached hydrogen (secondary N) is 1. The molecule has 0 aliphatic carbocycles. The molecule has 3 rings (SSSR count). The van der Waals surface area contributed by atoms with E-state index in [-0.39, 0.29) is 0 Å². The Balaban J connectivity index is 1.47. The number of aryl methyl sites for hydroxylation is 1. The number of benzene rings is 1. The summed E-state index contributed by atoms with van der Waals surface area (Å²) in [6, 6.07) is 9.80. The fraction of sp³-hybridized carbons (Fsp3) is 0.667. The van der Waals surface area contributed by atoms with Crippen LogP contribution in [-0.4, -0.2) is 62.2 Å². The second-order valence-electron chi connectivity index (χ2n) is 6.99. The van der Waals surface area contributed by atoms with Gasteiger partial charge in [-0.15, -0.1) is 0 Å². The molecule has 3 nitrogen and oxygen atoms in total. The van der Waals surface area contributed by atoms with Crippen LogP contribution in [0.15, 0.2) is 24.3 Å². The zero-order valence-electron chi connectivity index (χ0n) is 13.6. The highest BCUT2D eigenvalue weighted by Gasteiger charge is 2.27. The second-order valence-corrected chi connectivity index (χ2v) is 6.99. The third-order valence-corrected chi connectivity index (χ3v) is 5.21. The van der Waals surface area contributed by atoms with Crippen LogP contribution < -0.4 is 4.90 Å². The molecule has 1 N–H and O–H groups in total. The van der Waals surface area contributed by atoms with Gasteiger partial charge < -0.3 is 4.90 Å². The van der Waals surface area contributed by atoms with Gasteiger partial charge in [0.05, 0.1) is 20.1 Å². The van der Waals surface area contributed by atoms with E-state index in [1.165, 1.54) is 63.2 Å². The Bertz CT molecular complexity index is 444. The zero-order valence-corrected chi connectivity index (χ0v) is 13.6. The highest BCUT2D eigenvalue weighted by molar-refractivity contribution is 5.22. The molecule has 2 fully saturated rings. The lowest BCUT2D eigenvalue weighted by Gasteiger charge is -2.40. The van der Waals surface area contributed by atoms with E-state index in [4.69, 9.17) is 0 Å². The molecule has 1 aromatic rings. The number of piperazine rings is 1. The van der Waals surface area contributed by atoms with Crippen molar-refractivity contribution in [1.29, 1.82) is 0 Å². The highest BCUT2D eigenvalue weighted by Crippen LogP contribution is 2.18. The SMILES string of the molecule is Cc1cccc(CN2CCC(N3CC[NH+](C)CC3)CC2)c1. The molecule has 0 amide bonds. The fourth-order valence-corrected chi connectivity index (χ4v) is 3.78. The number of hydrogen-bond acceptors (Lipinski definition) is 2. The molecular formula is C18H30N3+. The lowest BCUT2D eigenvalue weighted by atomic mass is 10.0. The van der Waals surface area contributed by atoms with Crippen molar-refractivity contribution >= 4 is 0 Å². The van der Waals surface area contributed by atoms with Crippen molar-refractivity contribution in [3.05, 3.63) is 35.4 Å². The van der Waals surface area contributed by atoms with E-state index in [1.54, 1.807) is 4.90 Å². The van der Waals surface area contributed by atoms with Gasteiger partial charge in [0.25, 0.3) is 0 Å². The summed E-state index contributed by atoms with van der Waals surface area (Å²) in [5.41, 5.74) is 2.85. The molecule has 3 heteroatoms. The Morgan fingerprint density at radius 2 is 1.81 bits per heavy atom. The quantitative estimate of drug-likeness (QED) is 0.882. The molecule has 0 radical (unpaired) electrons. The molecule has 21 heavy (non-hydrogen) atoms. The number of likely N-dealkylation sites (N-methyl/N-ethyl adjacent to an activating group) is 1. The Kier molecular flexibility index (Phi) is 4.94. The number of quaternary nitrogens is 1. The molecule has 2 aliphatic rings. The summed E-state index contributed by atoms with van der Waals surface area (Å²) in [5, 5.41) is 0. The van der Waals surface area contributed by atoms with Crippen LogP contribution in [0.5, 0.6) is 0 Å². The Labute approximate surface area is 129 Å². The Morgan fingerprint density at radius 1 is 1.10 bits per heavy atom. The highest BCUT2D eigenvalue weighted by atomic mass is 15.3. The topological polar surface area (TPSA) is 10.9 Å². The van der Waals surface area contributed by atoms with Crippen LogP contribution in [0.3, 0.4) is 0 Å². The van der Waals surface area contributed by atoms with Gasteiger partial charge in [-0.25, -0.2) is 0 Å². The summed E-state index contributed by atoms with van der Waals surface area (Å²) in [7, 11) is 2.32. The first kappa shape index (κ1) is 15.0. The van der Waals surface area contributed by atoms with Crippen LogP contribution in [0.4, 0.5) is 0 Å². The molecule has 2 heterocycles. The van der Waals surface area contributed by atoms with Crippen molar-refractivity contribution in [2.24, 2.45) is 0 Å². The molecule has 2 aliphatic heterocycles. The summed E-state index contributed by atoms with van der Waals surface area (Å²) in [6.07, 6.45) is 2.70. The minimum Gasteiger partial charge on any atom is -0.335 e. The molecule has 2 saturated heterocycles. The Hall–Kier alpha value is -0.900. The summed E-state index contributed by atoms with van der Waals surface area (Å²) in [4.78, 5) is 7.08. The summed E-state index contributed by atoms with van der Waals surface area (Å²) < 4.78 is 0. The third kappa shape index (κ3) is 4.06. The van der Waals surface area contributed by atoms with Crippen molar-refractivity contribution in [2.45, 2.75) is 32.4 Å². The average molecular weight is 288 g/mol. The number of rotatable bonds is 3. The maximum Gasteiger partial charge on any atom is 0.0898 e. The maximum atomic E-state index is 2.75. The number of hydrogen-bond donors (Lipinski definition) is 1. The van der Waals surface area contributed by atoms with Gasteiger partial charge in [-0.2, -0.15) is 0 Å². The van der Waals surface area contributed by atoms with Gasteiger partial charge >= 0.3 is 0 Å². The lowest BCUT2D eigenvalue weighted by Crippen LogP contribution is -3.12. The predicted molar refractivity (Wildman–Crippen MR) is 87.7 cm³/mol. The largest absolute Gasteiger partial charge is 0.335 e. The molecule has 116 valence electrons. The number of piperidine rings is 1. The van der Waals surface area contributed by atoms with Crippen molar-refractivity contribution in [2.75, 3.05) is 46.3 Å². The van der Waals surface area contributed by atoms with E-state index in [2.05, 4.69) is 48.0 Å². The van der Waals surface area contributed by atoms with Crippen molar-refractivity contribution < 1.29 is 4.90 Å². The minimum atomic E-state index is 0.840. The van der Waals surface area contributed by atoms with Crippen molar-refractivity contribution in [1.82, 2.24) is 9.80 Å². The van der Waals surface area contributed by atoms with E-state index in [0.29, 0.717) is 0 Å². The van der Waals surface area contributed by atoms with Crippen LogP contribution in [-0.2, 0) is 6.54 Å². The van der Waals surface area contributed by atoms with Crippen LogP contribution in [0, 0.1) is 6.92 Å². The van der Waals surface area contributed by atoms with E-state index >= 15 is 0 Å². The van der Waals surface area contributed by atoms with Gasteiger partial charge in [-0.3, -0.25) is 9.80 Å². The monoisotopic (exact) mass is 288 g/mol. The van der Waals surface area contributed by atoms with E-state index in [1.807, 2.05) is 0 Å². The van der Waals surface area contributed by atoms with Gasteiger partial charge in [-0.1, -0.05) is 29.8 Å². The number of nitrogens with zero attached hydrogens (tertiary/aromatic N) is 2. The molecule has 0 unspecified atom stereocenters.